The third-order valence-electron chi connectivity index (χ3n) is 3.53. The Morgan fingerprint density at radius 2 is 1.93 bits per heavy atom. The Kier molecular flexibility index (Phi) is 7.30. The Labute approximate surface area is 157 Å². The second-order valence-electron chi connectivity index (χ2n) is 5.42. The van der Waals surface area contributed by atoms with Gasteiger partial charge in [-0.2, -0.15) is 5.10 Å². The van der Waals surface area contributed by atoms with Crippen molar-refractivity contribution < 1.29 is 19.2 Å². The van der Waals surface area contributed by atoms with Crippen LogP contribution in [0.5, 0.6) is 11.5 Å². The Hall–Kier alpha value is -3.42. The van der Waals surface area contributed by atoms with Gasteiger partial charge in [0.05, 0.1) is 30.8 Å². The van der Waals surface area contributed by atoms with Crippen LogP contribution in [0.1, 0.15) is 25.0 Å². The third-order valence-corrected chi connectivity index (χ3v) is 3.53. The first-order valence-electron chi connectivity index (χ1n) is 8.49. The zero-order chi connectivity index (χ0) is 19.6. The molecular weight excluding hydrogens is 350 g/mol. The van der Waals surface area contributed by atoms with Crippen LogP contribution >= 0.6 is 0 Å². The van der Waals surface area contributed by atoms with Crippen LogP contribution in [0.4, 0.5) is 5.69 Å². The summed E-state index contributed by atoms with van der Waals surface area (Å²) in [6, 6.07) is 11.4. The van der Waals surface area contributed by atoms with E-state index in [0.717, 1.165) is 0 Å². The van der Waals surface area contributed by atoms with Crippen molar-refractivity contribution in [3.05, 3.63) is 63.7 Å². The molecule has 0 radical (unpaired) electrons. The molecule has 2 aromatic rings. The zero-order valence-electron chi connectivity index (χ0n) is 15.2. The molecule has 0 saturated carbocycles. The number of nitrogens with zero attached hydrogens (tertiary/aromatic N) is 2. The molecule has 0 bridgehead atoms. The summed E-state index contributed by atoms with van der Waals surface area (Å²) in [6.07, 6.45) is 1.31. The van der Waals surface area contributed by atoms with Gasteiger partial charge >= 0.3 is 0 Å². The number of amides is 1. The number of rotatable bonds is 9. The minimum atomic E-state index is -0.514. The number of benzene rings is 2. The van der Waals surface area contributed by atoms with E-state index in [1.54, 1.807) is 36.4 Å². The summed E-state index contributed by atoms with van der Waals surface area (Å²) in [6.45, 7) is 4.77. The Balaban J connectivity index is 2.04. The summed E-state index contributed by atoms with van der Waals surface area (Å²) in [4.78, 5) is 22.5. The average molecular weight is 371 g/mol. The van der Waals surface area contributed by atoms with Crippen LogP contribution in [0.15, 0.2) is 47.6 Å². The lowest BCUT2D eigenvalue weighted by atomic mass is 10.1. The molecule has 0 atom stereocenters. The minimum Gasteiger partial charge on any atom is -0.494 e. The molecule has 8 heteroatoms. The molecule has 0 aliphatic heterocycles. The molecule has 8 nitrogen and oxygen atoms in total. The number of hydrazone groups is 1. The fraction of sp³-hybridized carbons (Fsp3) is 0.263. The van der Waals surface area contributed by atoms with Gasteiger partial charge < -0.3 is 9.47 Å². The quantitative estimate of drug-likeness (QED) is 0.414. The highest BCUT2D eigenvalue weighted by Gasteiger charge is 2.15. The van der Waals surface area contributed by atoms with E-state index >= 15 is 0 Å². The normalized spacial score (nSPS) is 10.6. The fourth-order valence-electron chi connectivity index (χ4n) is 2.38. The molecule has 0 saturated heterocycles. The third kappa shape index (κ3) is 5.81. The molecule has 0 unspecified atom stereocenters. The predicted octanol–water partition coefficient (Wildman–Crippen LogP) is 3.09. The van der Waals surface area contributed by atoms with Crippen molar-refractivity contribution >= 4 is 17.8 Å². The van der Waals surface area contributed by atoms with Gasteiger partial charge in [-0.15, -0.1) is 0 Å². The number of nitro groups is 1. The molecule has 1 amide bonds. The van der Waals surface area contributed by atoms with Gasteiger partial charge in [0.15, 0.2) is 0 Å². The maximum atomic E-state index is 12.0. The van der Waals surface area contributed by atoms with E-state index in [1.165, 1.54) is 12.3 Å². The first kappa shape index (κ1) is 19.9. The summed E-state index contributed by atoms with van der Waals surface area (Å²) in [5.74, 6) is 0.808. The van der Waals surface area contributed by atoms with Crippen molar-refractivity contribution in [2.24, 2.45) is 5.10 Å². The van der Waals surface area contributed by atoms with Crippen LogP contribution in [0.25, 0.3) is 0 Å². The Morgan fingerprint density at radius 1 is 1.19 bits per heavy atom. The van der Waals surface area contributed by atoms with Crippen LogP contribution in [0.3, 0.4) is 0 Å². The average Bonchev–Trinajstić information content (AvgIpc) is 2.64. The molecule has 2 rings (SSSR count). The van der Waals surface area contributed by atoms with Crippen molar-refractivity contribution in [1.82, 2.24) is 5.43 Å². The second kappa shape index (κ2) is 9.91. The lowest BCUT2D eigenvalue weighted by molar-refractivity contribution is -0.385. The van der Waals surface area contributed by atoms with Crippen molar-refractivity contribution in [3.8, 4) is 11.5 Å². The minimum absolute atomic E-state index is 0.0956. The highest BCUT2D eigenvalue weighted by atomic mass is 16.6. The number of hydrogen-bond donors (Lipinski definition) is 1. The second-order valence-corrected chi connectivity index (χ2v) is 5.42. The number of carbonyl (C=O) groups excluding carboxylic acids is 1. The highest BCUT2D eigenvalue weighted by molar-refractivity contribution is 5.86. The van der Waals surface area contributed by atoms with E-state index in [9.17, 15) is 14.9 Å². The van der Waals surface area contributed by atoms with E-state index in [0.29, 0.717) is 35.8 Å². The van der Waals surface area contributed by atoms with E-state index in [1.807, 2.05) is 13.8 Å². The van der Waals surface area contributed by atoms with Crippen molar-refractivity contribution in [2.45, 2.75) is 20.3 Å². The van der Waals surface area contributed by atoms with Gasteiger partial charge in [0.2, 0.25) is 5.91 Å². The molecule has 0 aromatic heterocycles. The summed E-state index contributed by atoms with van der Waals surface area (Å²) in [5.41, 5.74) is 3.28. The van der Waals surface area contributed by atoms with E-state index in [4.69, 9.17) is 9.47 Å². The first-order chi connectivity index (χ1) is 13.0. The zero-order valence-corrected chi connectivity index (χ0v) is 15.2. The van der Waals surface area contributed by atoms with Crippen molar-refractivity contribution in [3.63, 3.8) is 0 Å². The standard InChI is InChI=1S/C19H21N3O5/c1-3-26-16-10-9-15(18(12-16)27-4-2)13-20-21-19(23)11-14-7-5-6-8-17(14)22(24)25/h5-10,12-13H,3-4,11H2,1-2H3,(H,21,23)/b20-13+. The van der Waals surface area contributed by atoms with Crippen LogP contribution in [-0.4, -0.2) is 30.3 Å². The van der Waals surface area contributed by atoms with Crippen LogP contribution in [-0.2, 0) is 11.2 Å². The highest BCUT2D eigenvalue weighted by Crippen LogP contribution is 2.24. The van der Waals surface area contributed by atoms with Crippen LogP contribution < -0.4 is 14.9 Å². The number of nitro benzene ring substituents is 1. The SMILES string of the molecule is CCOc1ccc(/C=N/NC(=O)Cc2ccccc2[N+](=O)[O-])c(OCC)c1. The van der Waals surface area contributed by atoms with Gasteiger partial charge in [-0.05, 0) is 26.0 Å². The number of nitrogens with one attached hydrogen (secondary N) is 1. The maximum absolute atomic E-state index is 12.0. The summed E-state index contributed by atoms with van der Waals surface area (Å²) in [7, 11) is 0. The largest absolute Gasteiger partial charge is 0.494 e. The van der Waals surface area contributed by atoms with Crippen LogP contribution in [0.2, 0.25) is 0 Å². The van der Waals surface area contributed by atoms with E-state index < -0.39 is 10.8 Å². The van der Waals surface area contributed by atoms with E-state index in [-0.39, 0.29) is 12.1 Å². The molecule has 2 aromatic carbocycles. The molecular formula is C19H21N3O5. The van der Waals surface area contributed by atoms with Gasteiger partial charge in [0.1, 0.15) is 11.5 Å². The van der Waals surface area contributed by atoms with E-state index in [2.05, 4.69) is 10.5 Å². The topological polar surface area (TPSA) is 103 Å². The summed E-state index contributed by atoms with van der Waals surface area (Å²) >= 11 is 0. The number of hydrogen-bond acceptors (Lipinski definition) is 6. The van der Waals surface area contributed by atoms with Crippen LogP contribution in [0, 0.1) is 10.1 Å². The molecule has 0 fully saturated rings. The Bertz CT molecular complexity index is 836. The lowest BCUT2D eigenvalue weighted by Crippen LogP contribution is -2.20. The predicted molar refractivity (Wildman–Crippen MR) is 101 cm³/mol. The fourth-order valence-corrected chi connectivity index (χ4v) is 2.38. The van der Waals surface area contributed by atoms with Crippen molar-refractivity contribution in [1.29, 1.82) is 0 Å². The first-order valence-corrected chi connectivity index (χ1v) is 8.49. The molecule has 0 heterocycles. The van der Waals surface area contributed by atoms with Gasteiger partial charge in [-0.25, -0.2) is 5.43 Å². The van der Waals surface area contributed by atoms with Gasteiger partial charge in [-0.3, -0.25) is 14.9 Å². The smallest absolute Gasteiger partial charge is 0.273 e. The Morgan fingerprint density at radius 3 is 2.63 bits per heavy atom. The lowest BCUT2D eigenvalue weighted by Gasteiger charge is -2.10. The van der Waals surface area contributed by atoms with Gasteiger partial charge in [-0.1, -0.05) is 18.2 Å². The molecule has 142 valence electrons. The summed E-state index contributed by atoms with van der Waals surface area (Å²) in [5, 5.41) is 14.9. The molecule has 0 spiro atoms. The van der Waals surface area contributed by atoms with Gasteiger partial charge in [0, 0.05) is 23.3 Å². The molecule has 0 aliphatic rings. The number of carbonyl (C=O) groups is 1. The van der Waals surface area contributed by atoms with Gasteiger partial charge in [0.25, 0.3) is 5.69 Å². The molecule has 1 N–H and O–H groups in total. The number of para-hydroxylation sites is 1. The number of ether oxygens (including phenoxy) is 2. The maximum Gasteiger partial charge on any atom is 0.273 e. The van der Waals surface area contributed by atoms with Crippen molar-refractivity contribution in [2.75, 3.05) is 13.2 Å². The molecule has 0 aliphatic carbocycles. The summed E-state index contributed by atoms with van der Waals surface area (Å²) < 4.78 is 11.0. The molecule has 27 heavy (non-hydrogen) atoms. The monoisotopic (exact) mass is 371 g/mol.